The molecule has 0 saturated carbocycles. The smallest absolute Gasteiger partial charge is 0.305 e. The molecule has 0 heterocycles. The number of carbonyl (C=O) groups is 2. The third kappa shape index (κ3) is 53.5. The third-order valence-electron chi connectivity index (χ3n) is 14.0. The van der Waals surface area contributed by atoms with E-state index in [-0.39, 0.29) is 18.5 Å². The maximum atomic E-state index is 12.5. The maximum absolute atomic E-state index is 12.5. The van der Waals surface area contributed by atoms with Gasteiger partial charge >= 0.3 is 5.97 Å². The topological polar surface area (TPSA) is 95.9 Å². The van der Waals surface area contributed by atoms with Crippen molar-refractivity contribution in [3.63, 3.8) is 0 Å². The minimum Gasteiger partial charge on any atom is -0.466 e. The number of unbranched alkanes of at least 4 members (excludes halogenated alkanes) is 43. The van der Waals surface area contributed by atoms with Crippen LogP contribution in [0.25, 0.3) is 0 Å². The predicted octanol–water partition coefficient (Wildman–Crippen LogP) is 18.6. The number of aliphatic hydroxyl groups excluding tert-OH is 2. The summed E-state index contributed by atoms with van der Waals surface area (Å²) >= 11 is 0. The van der Waals surface area contributed by atoms with Gasteiger partial charge in [0.1, 0.15) is 0 Å². The monoisotopic (exact) mass is 944 g/mol. The minimum atomic E-state index is -0.842. The van der Waals surface area contributed by atoms with E-state index in [1.807, 2.05) is 6.08 Å². The van der Waals surface area contributed by atoms with Crippen molar-refractivity contribution in [1.29, 1.82) is 0 Å². The fourth-order valence-electron chi connectivity index (χ4n) is 9.34. The van der Waals surface area contributed by atoms with Gasteiger partial charge in [0.15, 0.2) is 0 Å². The molecule has 0 aromatic rings. The second kappa shape index (κ2) is 56.9. The van der Waals surface area contributed by atoms with Gasteiger partial charge in [0.2, 0.25) is 5.91 Å². The van der Waals surface area contributed by atoms with Crippen molar-refractivity contribution in [2.75, 3.05) is 13.2 Å². The van der Waals surface area contributed by atoms with Crippen LogP contribution in [0.5, 0.6) is 0 Å². The second-order valence-corrected chi connectivity index (χ2v) is 20.7. The van der Waals surface area contributed by atoms with Crippen LogP contribution in [0.15, 0.2) is 24.3 Å². The number of aliphatic hydroxyl groups is 2. The molecule has 0 bridgehead atoms. The van der Waals surface area contributed by atoms with Gasteiger partial charge in [0, 0.05) is 12.8 Å². The number of ether oxygens (including phenoxy) is 1. The Labute approximate surface area is 418 Å². The molecule has 0 rings (SSSR count). The summed E-state index contributed by atoms with van der Waals surface area (Å²) in [4.78, 5) is 24.5. The van der Waals surface area contributed by atoms with Crippen LogP contribution in [0.3, 0.4) is 0 Å². The van der Waals surface area contributed by atoms with Crippen molar-refractivity contribution in [2.24, 2.45) is 0 Å². The van der Waals surface area contributed by atoms with Gasteiger partial charge in [-0.1, -0.05) is 282 Å². The van der Waals surface area contributed by atoms with E-state index >= 15 is 0 Å². The first-order valence-corrected chi connectivity index (χ1v) is 30.1. The summed E-state index contributed by atoms with van der Waals surface area (Å²) in [5.74, 6) is -0.0608. The summed E-state index contributed by atoms with van der Waals surface area (Å²) in [5.41, 5.74) is 0. The zero-order chi connectivity index (χ0) is 48.6. The van der Waals surface area contributed by atoms with Gasteiger partial charge in [-0.05, 0) is 57.8 Å². The molecule has 6 nitrogen and oxygen atoms in total. The highest BCUT2D eigenvalue weighted by atomic mass is 16.5. The van der Waals surface area contributed by atoms with Crippen molar-refractivity contribution < 1.29 is 24.5 Å². The van der Waals surface area contributed by atoms with E-state index in [0.717, 1.165) is 44.9 Å². The lowest BCUT2D eigenvalue weighted by molar-refractivity contribution is -0.143. The van der Waals surface area contributed by atoms with Crippen LogP contribution in [-0.4, -0.2) is 47.4 Å². The molecule has 0 spiro atoms. The summed E-state index contributed by atoms with van der Waals surface area (Å²) in [6, 6.07) is -0.626. The highest BCUT2D eigenvalue weighted by Gasteiger charge is 2.18. The third-order valence-corrected chi connectivity index (χ3v) is 14.0. The number of hydrogen-bond donors (Lipinski definition) is 3. The molecule has 0 aliphatic carbocycles. The van der Waals surface area contributed by atoms with Crippen molar-refractivity contribution in [3.05, 3.63) is 24.3 Å². The number of nitrogens with one attached hydrogen (secondary N) is 1. The standard InChI is InChI=1S/C61H117NO5/c1-3-5-7-9-11-13-15-17-30-33-37-41-45-49-53-59(64)58(57-63)62-60(65)54-50-46-42-38-34-31-28-26-24-22-20-18-19-21-23-25-27-29-32-36-40-44-48-52-56-67-61(66)55-51-47-43-39-35-16-14-12-10-8-6-4-2/h12,14,49,53,58-59,63-64H,3-11,13,15-48,50-52,54-57H2,1-2H3,(H,62,65)/b14-12-,53-49+. The van der Waals surface area contributed by atoms with Crippen molar-refractivity contribution >= 4 is 11.9 Å². The van der Waals surface area contributed by atoms with Gasteiger partial charge in [-0.3, -0.25) is 9.59 Å². The summed E-state index contributed by atoms with van der Waals surface area (Å²) in [6.45, 7) is 4.89. The molecule has 1 amide bonds. The Kier molecular flexibility index (Phi) is 55.5. The van der Waals surface area contributed by atoms with E-state index in [4.69, 9.17) is 4.74 Å². The SMILES string of the molecule is CCCCC/C=C\CCCCCCCC(=O)OCCCCCCCCCCCCCCCCCCCCCCCCCCC(=O)NC(CO)C(O)/C=C/CCCCCCCCCCCCCC. The number of rotatable bonds is 56. The Balaban J connectivity index is 3.38. The number of amides is 1. The number of allylic oxidation sites excluding steroid dienone is 3. The fourth-order valence-corrected chi connectivity index (χ4v) is 9.34. The number of carbonyl (C=O) groups excluding carboxylic acids is 2. The maximum Gasteiger partial charge on any atom is 0.305 e. The molecule has 3 N–H and O–H groups in total. The molecule has 6 heteroatoms. The van der Waals surface area contributed by atoms with Crippen molar-refractivity contribution in [3.8, 4) is 0 Å². The molecule has 0 fully saturated rings. The highest BCUT2D eigenvalue weighted by molar-refractivity contribution is 5.76. The van der Waals surface area contributed by atoms with Crippen LogP contribution < -0.4 is 5.32 Å². The lowest BCUT2D eigenvalue weighted by Crippen LogP contribution is -2.45. The van der Waals surface area contributed by atoms with Crippen LogP contribution in [0.4, 0.5) is 0 Å². The lowest BCUT2D eigenvalue weighted by Gasteiger charge is -2.20. The molecule has 0 aliphatic heterocycles. The Bertz CT molecular complexity index is 1040. The van der Waals surface area contributed by atoms with E-state index in [1.165, 1.54) is 257 Å². The van der Waals surface area contributed by atoms with Gasteiger partial charge < -0.3 is 20.3 Å². The molecule has 67 heavy (non-hydrogen) atoms. The Morgan fingerprint density at radius 1 is 0.403 bits per heavy atom. The van der Waals surface area contributed by atoms with Gasteiger partial charge in [0.25, 0.3) is 0 Å². The number of esters is 1. The molecule has 0 aromatic heterocycles. The molecule has 0 radical (unpaired) electrons. The molecule has 0 aliphatic rings. The Morgan fingerprint density at radius 3 is 1.09 bits per heavy atom. The van der Waals surface area contributed by atoms with Crippen LogP contribution in [0, 0.1) is 0 Å². The Hall–Kier alpha value is -1.66. The number of hydrogen-bond acceptors (Lipinski definition) is 5. The first kappa shape index (κ1) is 65.3. The van der Waals surface area contributed by atoms with Crippen LogP contribution in [-0.2, 0) is 14.3 Å². The van der Waals surface area contributed by atoms with Gasteiger partial charge in [0.05, 0.1) is 25.4 Å². The van der Waals surface area contributed by atoms with Crippen molar-refractivity contribution in [1.82, 2.24) is 5.32 Å². The minimum absolute atomic E-state index is 0.00493. The fraction of sp³-hybridized carbons (Fsp3) is 0.902. The summed E-state index contributed by atoms with van der Waals surface area (Å²) in [6.07, 6.45) is 69.3. The second-order valence-electron chi connectivity index (χ2n) is 20.7. The molecule has 396 valence electrons. The highest BCUT2D eigenvalue weighted by Crippen LogP contribution is 2.17. The van der Waals surface area contributed by atoms with Crippen LogP contribution in [0.2, 0.25) is 0 Å². The van der Waals surface area contributed by atoms with Gasteiger partial charge in [-0.25, -0.2) is 0 Å². The molecule has 0 aromatic carbocycles. The van der Waals surface area contributed by atoms with E-state index in [2.05, 4.69) is 31.3 Å². The van der Waals surface area contributed by atoms with E-state index in [1.54, 1.807) is 6.08 Å². The summed E-state index contributed by atoms with van der Waals surface area (Å²) in [7, 11) is 0. The zero-order valence-electron chi connectivity index (χ0n) is 45.1. The molecular weight excluding hydrogens is 827 g/mol. The normalized spacial score (nSPS) is 12.7. The van der Waals surface area contributed by atoms with E-state index in [0.29, 0.717) is 19.4 Å². The largest absolute Gasteiger partial charge is 0.466 e. The first-order valence-electron chi connectivity index (χ1n) is 30.1. The average molecular weight is 945 g/mol. The lowest BCUT2D eigenvalue weighted by atomic mass is 10.0. The quantitative estimate of drug-likeness (QED) is 0.0321. The van der Waals surface area contributed by atoms with Gasteiger partial charge in [-0.15, -0.1) is 0 Å². The van der Waals surface area contributed by atoms with E-state index < -0.39 is 12.1 Å². The predicted molar refractivity (Wildman–Crippen MR) is 292 cm³/mol. The molecule has 2 unspecified atom stereocenters. The average Bonchev–Trinajstić information content (AvgIpc) is 3.33. The summed E-state index contributed by atoms with van der Waals surface area (Å²) in [5, 5.41) is 23.1. The Morgan fingerprint density at radius 2 is 0.701 bits per heavy atom. The summed E-state index contributed by atoms with van der Waals surface area (Å²) < 4.78 is 5.47. The first-order chi connectivity index (χ1) is 33.0. The van der Waals surface area contributed by atoms with Gasteiger partial charge in [-0.2, -0.15) is 0 Å². The van der Waals surface area contributed by atoms with Crippen LogP contribution >= 0.6 is 0 Å². The van der Waals surface area contributed by atoms with Crippen LogP contribution in [0.1, 0.15) is 328 Å². The van der Waals surface area contributed by atoms with Crippen molar-refractivity contribution in [2.45, 2.75) is 341 Å². The van der Waals surface area contributed by atoms with E-state index in [9.17, 15) is 19.8 Å². The zero-order valence-corrected chi connectivity index (χ0v) is 45.1. The molecule has 0 saturated heterocycles. The molecule has 2 atom stereocenters. The molecular formula is C61H117NO5.